The maximum absolute atomic E-state index is 6.17. The highest BCUT2D eigenvalue weighted by atomic mass is 15.1. The summed E-state index contributed by atoms with van der Waals surface area (Å²) in [6.45, 7) is 5.00. The molecule has 0 aromatic heterocycles. The van der Waals surface area contributed by atoms with Crippen molar-refractivity contribution in [1.82, 2.24) is 0 Å². The van der Waals surface area contributed by atoms with Gasteiger partial charge in [0, 0.05) is 5.69 Å². The van der Waals surface area contributed by atoms with Crippen molar-refractivity contribution in [3.8, 4) is 0 Å². The highest BCUT2D eigenvalue weighted by molar-refractivity contribution is 6.00. The number of benzene rings is 3. The Morgan fingerprint density at radius 3 is 2.77 bits per heavy atom. The second-order valence-corrected chi connectivity index (χ2v) is 7.33. The fourth-order valence-electron chi connectivity index (χ4n) is 3.78. The number of aryl methyl sites for hydroxylation is 2. The van der Waals surface area contributed by atoms with E-state index in [0.717, 1.165) is 18.5 Å². The molecule has 0 atom stereocenters. The zero-order valence-corrected chi connectivity index (χ0v) is 15.4. The molecule has 1 aliphatic rings. The molecule has 0 saturated carbocycles. The van der Waals surface area contributed by atoms with E-state index >= 15 is 0 Å². The van der Waals surface area contributed by atoms with E-state index in [1.165, 1.54) is 33.0 Å². The molecule has 0 aliphatic heterocycles. The van der Waals surface area contributed by atoms with E-state index in [2.05, 4.69) is 78.8 Å². The Morgan fingerprint density at radius 2 is 1.92 bits per heavy atom. The van der Waals surface area contributed by atoms with E-state index in [1.807, 2.05) is 0 Å². The number of hydrogen-bond donors (Lipinski definition) is 2. The molecule has 0 bridgehead atoms. The Morgan fingerprint density at radius 1 is 1.08 bits per heavy atom. The fourth-order valence-corrected chi connectivity index (χ4v) is 3.78. The maximum Gasteiger partial charge on any atom is 0.193 e. The minimum absolute atomic E-state index is 0.472. The minimum Gasteiger partial charge on any atom is -0.370 e. The lowest BCUT2D eigenvalue weighted by Gasteiger charge is -2.12. The number of nitrogens with zero attached hydrogens (tertiary/aromatic N) is 1. The predicted octanol–water partition coefficient (Wildman–Crippen LogP) is 4.99. The molecule has 132 valence electrons. The third-order valence-electron chi connectivity index (χ3n) is 5.20. The van der Waals surface area contributed by atoms with Crippen molar-refractivity contribution in [2.75, 3.05) is 5.32 Å². The lowest BCUT2D eigenvalue weighted by Crippen LogP contribution is -2.23. The molecule has 4 rings (SSSR count). The molecule has 0 heterocycles. The monoisotopic (exact) mass is 343 g/mol. The average Bonchev–Trinajstić information content (AvgIpc) is 3.09. The van der Waals surface area contributed by atoms with Crippen LogP contribution in [0.4, 0.5) is 5.69 Å². The number of nitrogens with one attached hydrogen (secondary N) is 1. The Balaban J connectivity index is 1.54. The van der Waals surface area contributed by atoms with Crippen LogP contribution in [0.25, 0.3) is 10.8 Å². The van der Waals surface area contributed by atoms with Crippen molar-refractivity contribution in [2.24, 2.45) is 10.7 Å². The van der Waals surface area contributed by atoms with Gasteiger partial charge in [0.1, 0.15) is 0 Å². The van der Waals surface area contributed by atoms with Gasteiger partial charge in [0.2, 0.25) is 0 Å². The van der Waals surface area contributed by atoms with Gasteiger partial charge in [-0.05, 0) is 57.9 Å². The summed E-state index contributed by atoms with van der Waals surface area (Å²) in [5.41, 5.74) is 12.6. The van der Waals surface area contributed by atoms with Crippen molar-refractivity contribution in [3.63, 3.8) is 0 Å². The molecule has 3 aromatic rings. The normalized spacial score (nSPS) is 13.6. The third kappa shape index (κ3) is 3.17. The van der Waals surface area contributed by atoms with Crippen molar-refractivity contribution >= 4 is 22.4 Å². The molecule has 0 amide bonds. The van der Waals surface area contributed by atoms with Gasteiger partial charge in [-0.25, -0.2) is 4.99 Å². The van der Waals surface area contributed by atoms with Gasteiger partial charge < -0.3 is 11.1 Å². The van der Waals surface area contributed by atoms with Crippen LogP contribution >= 0.6 is 0 Å². The van der Waals surface area contributed by atoms with E-state index in [0.29, 0.717) is 18.4 Å². The summed E-state index contributed by atoms with van der Waals surface area (Å²) in [6.07, 6.45) is 2.16. The minimum atomic E-state index is 0.472. The molecule has 0 radical (unpaired) electrons. The Kier molecular flexibility index (Phi) is 4.37. The van der Waals surface area contributed by atoms with Crippen LogP contribution in [0.1, 0.15) is 42.0 Å². The first kappa shape index (κ1) is 16.6. The average molecular weight is 343 g/mol. The lowest BCUT2D eigenvalue weighted by molar-refractivity contribution is 0.861. The van der Waals surface area contributed by atoms with Crippen LogP contribution in [0.2, 0.25) is 0 Å². The molecule has 26 heavy (non-hydrogen) atoms. The summed E-state index contributed by atoms with van der Waals surface area (Å²) in [5.74, 6) is 0.991. The summed E-state index contributed by atoms with van der Waals surface area (Å²) in [5, 5.41) is 6.01. The van der Waals surface area contributed by atoms with Crippen LogP contribution in [0, 0.1) is 0 Å². The lowest BCUT2D eigenvalue weighted by atomic mass is 10.0. The van der Waals surface area contributed by atoms with Crippen LogP contribution < -0.4 is 11.1 Å². The van der Waals surface area contributed by atoms with Crippen molar-refractivity contribution in [3.05, 3.63) is 76.9 Å². The van der Waals surface area contributed by atoms with Crippen LogP contribution in [0.3, 0.4) is 0 Å². The summed E-state index contributed by atoms with van der Waals surface area (Å²) in [6, 6.07) is 19.4. The van der Waals surface area contributed by atoms with E-state index in [9.17, 15) is 0 Å². The molecule has 3 nitrogen and oxygen atoms in total. The molecule has 3 aromatic carbocycles. The molecule has 3 N–H and O–H groups in total. The van der Waals surface area contributed by atoms with E-state index in [4.69, 9.17) is 5.73 Å². The molecule has 1 aliphatic carbocycles. The Labute approximate surface area is 155 Å². The number of rotatable bonds is 4. The van der Waals surface area contributed by atoms with Crippen molar-refractivity contribution < 1.29 is 0 Å². The van der Waals surface area contributed by atoms with Gasteiger partial charge in [-0.1, -0.05) is 62.4 Å². The second kappa shape index (κ2) is 6.83. The van der Waals surface area contributed by atoms with Crippen molar-refractivity contribution in [1.29, 1.82) is 0 Å². The Hall–Kier alpha value is -2.81. The quantitative estimate of drug-likeness (QED) is 0.518. The number of hydrogen-bond acceptors (Lipinski definition) is 1. The first-order chi connectivity index (χ1) is 12.6. The van der Waals surface area contributed by atoms with Crippen molar-refractivity contribution in [2.45, 2.75) is 39.2 Å². The van der Waals surface area contributed by atoms with Gasteiger partial charge in [-0.3, -0.25) is 0 Å². The van der Waals surface area contributed by atoms with Crippen LogP contribution in [-0.4, -0.2) is 5.96 Å². The highest BCUT2D eigenvalue weighted by Crippen LogP contribution is 2.35. The fraction of sp³-hybridized carbons (Fsp3) is 0.261. The van der Waals surface area contributed by atoms with E-state index in [1.54, 1.807) is 0 Å². The Bertz CT molecular complexity index is 986. The first-order valence-electron chi connectivity index (χ1n) is 9.31. The van der Waals surface area contributed by atoms with Gasteiger partial charge in [-0.2, -0.15) is 0 Å². The number of aliphatic imine (C=N–C) groups is 1. The molecular weight excluding hydrogens is 318 g/mol. The molecular formula is C23H25N3. The number of guanidine groups is 1. The van der Waals surface area contributed by atoms with Crippen LogP contribution in [0.15, 0.2) is 59.6 Å². The number of anilines is 1. The molecule has 0 saturated heterocycles. The molecule has 0 spiro atoms. The zero-order chi connectivity index (χ0) is 18.1. The van der Waals surface area contributed by atoms with Gasteiger partial charge in [0.05, 0.1) is 6.54 Å². The second-order valence-electron chi connectivity index (χ2n) is 7.33. The van der Waals surface area contributed by atoms with Crippen LogP contribution in [-0.2, 0) is 19.4 Å². The van der Waals surface area contributed by atoms with Gasteiger partial charge >= 0.3 is 0 Å². The topological polar surface area (TPSA) is 50.4 Å². The molecule has 0 unspecified atom stereocenters. The summed E-state index contributed by atoms with van der Waals surface area (Å²) >= 11 is 0. The molecule has 3 heteroatoms. The standard InChI is InChI=1S/C23H25N3/c1-15(2)19-8-3-5-16(13-19)14-25-23(24)26-21-12-10-18-7-4-6-17-9-11-20(21)22(17)18/h3-8,10,12-13,15H,9,11,14H2,1-2H3,(H3,24,25,26). The van der Waals surface area contributed by atoms with Gasteiger partial charge in [0.25, 0.3) is 0 Å². The van der Waals surface area contributed by atoms with Crippen LogP contribution in [0.5, 0.6) is 0 Å². The maximum atomic E-state index is 6.17. The summed E-state index contributed by atoms with van der Waals surface area (Å²) in [7, 11) is 0. The summed E-state index contributed by atoms with van der Waals surface area (Å²) < 4.78 is 0. The summed E-state index contributed by atoms with van der Waals surface area (Å²) in [4.78, 5) is 4.55. The van der Waals surface area contributed by atoms with Gasteiger partial charge in [-0.15, -0.1) is 0 Å². The smallest absolute Gasteiger partial charge is 0.193 e. The SMILES string of the molecule is CC(C)c1cccc(CN=C(N)Nc2ccc3cccc4c3c2CC4)c1. The van der Waals surface area contributed by atoms with E-state index < -0.39 is 0 Å². The zero-order valence-electron chi connectivity index (χ0n) is 15.4. The third-order valence-corrected chi connectivity index (χ3v) is 5.20. The molecule has 0 fully saturated rings. The largest absolute Gasteiger partial charge is 0.370 e. The first-order valence-corrected chi connectivity index (χ1v) is 9.31. The number of nitrogens with two attached hydrogens (primary N) is 1. The van der Waals surface area contributed by atoms with Gasteiger partial charge in [0.15, 0.2) is 5.96 Å². The van der Waals surface area contributed by atoms with E-state index in [-0.39, 0.29) is 0 Å². The highest BCUT2D eigenvalue weighted by Gasteiger charge is 2.17. The predicted molar refractivity (Wildman–Crippen MR) is 111 cm³/mol.